The van der Waals surface area contributed by atoms with Gasteiger partial charge in [0.25, 0.3) is 12.3 Å². The number of nitrogens with zero attached hydrogens (tertiary/aromatic N) is 4. The number of aromatic nitrogens is 3. The molecule has 0 aliphatic carbocycles. The van der Waals surface area contributed by atoms with Gasteiger partial charge in [-0.2, -0.15) is 5.10 Å². The summed E-state index contributed by atoms with van der Waals surface area (Å²) in [6.07, 6.45) is 1.60. The molecule has 0 radical (unpaired) electrons. The second-order valence-electron chi connectivity index (χ2n) is 7.37. The molecule has 2 aromatic heterocycles. The molecule has 1 aromatic carbocycles. The number of piperidine rings is 1. The van der Waals surface area contributed by atoms with Gasteiger partial charge in [0, 0.05) is 18.2 Å². The molecule has 146 valence electrons. The Balaban J connectivity index is 1.84. The Bertz CT molecular complexity index is 1010. The van der Waals surface area contributed by atoms with Gasteiger partial charge >= 0.3 is 0 Å². The Kier molecular flexibility index (Phi) is 4.83. The predicted octanol–water partition coefficient (Wildman–Crippen LogP) is 4.66. The van der Waals surface area contributed by atoms with Gasteiger partial charge in [0.1, 0.15) is 11.3 Å². The minimum Gasteiger partial charge on any atom is -0.336 e. The van der Waals surface area contributed by atoms with Crippen LogP contribution in [0.1, 0.15) is 54.2 Å². The van der Waals surface area contributed by atoms with E-state index in [0.717, 1.165) is 34.9 Å². The number of rotatable bonds is 3. The highest BCUT2D eigenvalue weighted by molar-refractivity contribution is 6.00. The normalized spacial score (nSPS) is 17.5. The molecule has 1 saturated heterocycles. The number of hydrogen-bond acceptors (Lipinski definition) is 3. The fraction of sp³-hybridized carbons (Fsp3) is 0.381. The van der Waals surface area contributed by atoms with Gasteiger partial charge in [-0.15, -0.1) is 0 Å². The lowest BCUT2D eigenvalue weighted by Crippen LogP contribution is -2.42. The van der Waals surface area contributed by atoms with E-state index in [-0.39, 0.29) is 28.9 Å². The van der Waals surface area contributed by atoms with E-state index in [4.69, 9.17) is 0 Å². The van der Waals surface area contributed by atoms with Crippen molar-refractivity contribution in [3.05, 3.63) is 53.3 Å². The first-order valence-electron chi connectivity index (χ1n) is 9.50. The average Bonchev–Trinajstić information content (AvgIpc) is 3.11. The molecule has 0 unspecified atom stereocenters. The van der Waals surface area contributed by atoms with Crippen LogP contribution in [0.5, 0.6) is 0 Å². The molecule has 3 aromatic rings. The van der Waals surface area contributed by atoms with Gasteiger partial charge in [0.05, 0.1) is 11.9 Å². The number of aryl methyl sites for hydroxylation is 1. The predicted molar refractivity (Wildman–Crippen MR) is 102 cm³/mol. The van der Waals surface area contributed by atoms with E-state index in [1.807, 2.05) is 38.1 Å². The third-order valence-electron chi connectivity index (χ3n) is 5.36. The van der Waals surface area contributed by atoms with E-state index >= 15 is 0 Å². The summed E-state index contributed by atoms with van der Waals surface area (Å²) in [4.78, 5) is 19.4. The average molecular weight is 384 g/mol. The third kappa shape index (κ3) is 3.25. The van der Waals surface area contributed by atoms with E-state index in [9.17, 15) is 13.6 Å². The number of halogens is 2. The fourth-order valence-corrected chi connectivity index (χ4v) is 3.72. The smallest absolute Gasteiger partial charge is 0.280 e. The van der Waals surface area contributed by atoms with Gasteiger partial charge < -0.3 is 4.90 Å². The monoisotopic (exact) mass is 384 g/mol. The van der Waals surface area contributed by atoms with Crippen molar-refractivity contribution in [3.63, 3.8) is 0 Å². The quantitative estimate of drug-likeness (QED) is 0.660. The maximum Gasteiger partial charge on any atom is 0.280 e. The number of amides is 1. The Morgan fingerprint density at radius 1 is 1.21 bits per heavy atom. The van der Waals surface area contributed by atoms with Gasteiger partial charge in [0.2, 0.25) is 0 Å². The lowest BCUT2D eigenvalue weighted by atomic mass is 10.0. The van der Waals surface area contributed by atoms with Crippen molar-refractivity contribution in [2.45, 2.75) is 45.6 Å². The second-order valence-corrected chi connectivity index (χ2v) is 7.37. The van der Waals surface area contributed by atoms with Crippen LogP contribution in [0.25, 0.3) is 16.9 Å². The minimum atomic E-state index is -2.73. The van der Waals surface area contributed by atoms with Gasteiger partial charge in [-0.05, 0) is 39.2 Å². The van der Waals surface area contributed by atoms with Crippen molar-refractivity contribution in [2.75, 3.05) is 6.54 Å². The number of carbonyl (C=O) groups excluding carboxylic acids is 1. The molecule has 1 aliphatic rings. The molecule has 28 heavy (non-hydrogen) atoms. The Labute approximate surface area is 162 Å². The summed E-state index contributed by atoms with van der Waals surface area (Å²) in [5.74, 6) is -0.198. The zero-order valence-corrected chi connectivity index (χ0v) is 15.9. The van der Waals surface area contributed by atoms with E-state index in [2.05, 4.69) is 10.1 Å². The number of hydrogen-bond donors (Lipinski definition) is 0. The van der Waals surface area contributed by atoms with Crippen molar-refractivity contribution in [3.8, 4) is 11.3 Å². The minimum absolute atomic E-state index is 0.117. The van der Waals surface area contributed by atoms with Gasteiger partial charge in [-0.25, -0.2) is 18.3 Å². The molecular formula is C21H22F2N4O. The number of fused-ring (bicyclic) bond motifs is 1. The van der Waals surface area contributed by atoms with Gasteiger partial charge in [-0.3, -0.25) is 4.79 Å². The molecule has 0 N–H and O–H groups in total. The summed E-state index contributed by atoms with van der Waals surface area (Å²) >= 11 is 0. The summed E-state index contributed by atoms with van der Waals surface area (Å²) in [7, 11) is 0. The Hall–Kier alpha value is -2.83. The Morgan fingerprint density at radius 2 is 1.96 bits per heavy atom. The zero-order valence-electron chi connectivity index (χ0n) is 15.9. The number of alkyl halides is 2. The van der Waals surface area contributed by atoms with Crippen LogP contribution >= 0.6 is 0 Å². The third-order valence-corrected chi connectivity index (χ3v) is 5.36. The first kappa shape index (κ1) is 18.5. The molecule has 1 amide bonds. The first-order chi connectivity index (χ1) is 13.5. The van der Waals surface area contributed by atoms with E-state index in [0.29, 0.717) is 12.2 Å². The summed E-state index contributed by atoms with van der Waals surface area (Å²) in [6.45, 7) is 4.63. The van der Waals surface area contributed by atoms with Gasteiger partial charge in [-0.1, -0.05) is 29.8 Å². The summed E-state index contributed by atoms with van der Waals surface area (Å²) in [6, 6.07) is 8.95. The van der Waals surface area contributed by atoms with Crippen LogP contribution in [0.2, 0.25) is 0 Å². The molecule has 0 saturated carbocycles. The molecule has 1 aliphatic heterocycles. The molecule has 1 fully saturated rings. The first-order valence-corrected chi connectivity index (χ1v) is 9.50. The van der Waals surface area contributed by atoms with Crippen molar-refractivity contribution in [2.24, 2.45) is 0 Å². The van der Waals surface area contributed by atoms with Crippen molar-refractivity contribution in [1.29, 1.82) is 0 Å². The molecule has 1 atom stereocenters. The highest BCUT2D eigenvalue weighted by Crippen LogP contribution is 2.28. The maximum absolute atomic E-state index is 13.7. The number of carbonyl (C=O) groups is 1. The molecule has 0 bridgehead atoms. The number of benzene rings is 1. The summed E-state index contributed by atoms with van der Waals surface area (Å²) < 4.78 is 28.5. The van der Waals surface area contributed by atoms with Crippen molar-refractivity contribution < 1.29 is 13.6 Å². The highest BCUT2D eigenvalue weighted by atomic mass is 19.3. The van der Waals surface area contributed by atoms with Crippen LogP contribution < -0.4 is 0 Å². The van der Waals surface area contributed by atoms with Crippen LogP contribution in [0.4, 0.5) is 8.78 Å². The fourth-order valence-electron chi connectivity index (χ4n) is 3.72. The van der Waals surface area contributed by atoms with E-state index < -0.39 is 6.43 Å². The topological polar surface area (TPSA) is 50.5 Å². The second kappa shape index (κ2) is 7.30. The lowest BCUT2D eigenvalue weighted by molar-refractivity contribution is 0.0637. The Morgan fingerprint density at radius 3 is 2.64 bits per heavy atom. The summed E-state index contributed by atoms with van der Waals surface area (Å²) in [5.41, 5.74) is 2.37. The molecule has 4 rings (SSSR count). The van der Waals surface area contributed by atoms with Crippen molar-refractivity contribution in [1.82, 2.24) is 19.5 Å². The summed E-state index contributed by atoms with van der Waals surface area (Å²) in [5, 5.41) is 4.06. The van der Waals surface area contributed by atoms with Crippen LogP contribution in [0.15, 0.2) is 36.5 Å². The molecule has 5 nitrogen and oxygen atoms in total. The van der Waals surface area contributed by atoms with Crippen LogP contribution in [-0.4, -0.2) is 38.0 Å². The van der Waals surface area contributed by atoms with E-state index in [1.54, 1.807) is 4.90 Å². The molecule has 0 spiro atoms. The molecule has 3 heterocycles. The molecular weight excluding hydrogens is 362 g/mol. The van der Waals surface area contributed by atoms with Crippen molar-refractivity contribution >= 4 is 11.6 Å². The van der Waals surface area contributed by atoms with Gasteiger partial charge in [0.15, 0.2) is 5.65 Å². The SMILES string of the molecule is Cc1ccc(-c2cc(C(F)F)n3ncc(C(=O)N4CCCC[C@@H]4C)c3n2)cc1. The molecule has 7 heteroatoms. The van der Waals surface area contributed by atoms with Crippen LogP contribution in [0.3, 0.4) is 0 Å². The highest BCUT2D eigenvalue weighted by Gasteiger charge is 2.28. The van der Waals surface area contributed by atoms with E-state index in [1.165, 1.54) is 12.3 Å². The van der Waals surface area contributed by atoms with Crippen LogP contribution in [-0.2, 0) is 0 Å². The largest absolute Gasteiger partial charge is 0.336 e. The standard InChI is InChI=1S/C21H22F2N4O/c1-13-6-8-15(9-7-13)17-11-18(19(22)23)27-20(25-17)16(12-24-27)21(28)26-10-4-3-5-14(26)2/h6-9,11-12,14,19H,3-5,10H2,1-2H3/t14-/m0/s1. The van der Waals surface area contributed by atoms with Crippen LogP contribution in [0, 0.1) is 6.92 Å². The zero-order chi connectivity index (χ0) is 19.8. The maximum atomic E-state index is 13.7. The lowest BCUT2D eigenvalue weighted by Gasteiger charge is -2.33. The number of likely N-dealkylation sites (tertiary alicyclic amines) is 1.